The van der Waals surface area contributed by atoms with Gasteiger partial charge < -0.3 is 5.73 Å². The maximum Gasteiger partial charge on any atom is 0.00703 e. The zero-order valence-electron chi connectivity index (χ0n) is 11.3. The molecule has 2 atom stereocenters. The molecule has 0 amide bonds. The van der Waals surface area contributed by atoms with Crippen LogP contribution in [0, 0.1) is 5.92 Å². The van der Waals surface area contributed by atoms with Crippen LogP contribution in [0.5, 0.6) is 0 Å². The lowest BCUT2D eigenvalue weighted by Crippen LogP contribution is -2.30. The topological polar surface area (TPSA) is 26.0 Å². The highest BCUT2D eigenvalue weighted by Crippen LogP contribution is 2.28. The first-order valence-corrected chi connectivity index (χ1v) is 7.69. The first-order valence-electron chi connectivity index (χ1n) is 7.69. The number of hydrogen-bond acceptors (Lipinski definition) is 1. The lowest BCUT2D eigenvalue weighted by Gasteiger charge is -2.21. The van der Waals surface area contributed by atoms with Gasteiger partial charge in [-0.05, 0) is 61.1 Å². The minimum absolute atomic E-state index is 0.431. The highest BCUT2D eigenvalue weighted by Gasteiger charge is 2.21. The summed E-state index contributed by atoms with van der Waals surface area (Å²) in [5.41, 5.74) is 11.1. The van der Waals surface area contributed by atoms with Gasteiger partial charge in [-0.25, -0.2) is 0 Å². The molecule has 2 aliphatic rings. The summed E-state index contributed by atoms with van der Waals surface area (Å²) in [6.45, 7) is 0. The van der Waals surface area contributed by atoms with Gasteiger partial charge in [0.2, 0.25) is 0 Å². The van der Waals surface area contributed by atoms with Crippen LogP contribution in [-0.4, -0.2) is 6.04 Å². The van der Waals surface area contributed by atoms with Crippen LogP contribution in [0.2, 0.25) is 0 Å². The Labute approximate surface area is 111 Å². The van der Waals surface area contributed by atoms with Crippen molar-refractivity contribution in [3.63, 3.8) is 0 Å². The predicted octanol–water partition coefficient (Wildman–Crippen LogP) is 3.63. The van der Waals surface area contributed by atoms with Gasteiger partial charge in [0.1, 0.15) is 0 Å². The van der Waals surface area contributed by atoms with E-state index in [2.05, 4.69) is 18.2 Å². The zero-order chi connectivity index (χ0) is 12.4. The zero-order valence-corrected chi connectivity index (χ0v) is 11.3. The third-order valence-electron chi connectivity index (χ3n) is 4.88. The van der Waals surface area contributed by atoms with Gasteiger partial charge in [0.25, 0.3) is 0 Å². The molecule has 0 aliphatic heterocycles. The standard InChI is InChI=1S/C17H25N/c18-17-8-3-1-2-5-16(17)12-13-9-10-14-6-4-7-15(14)11-13/h9-11,16-17H,1-8,12,18H2. The van der Waals surface area contributed by atoms with Crippen molar-refractivity contribution in [1.82, 2.24) is 0 Å². The van der Waals surface area contributed by atoms with E-state index >= 15 is 0 Å². The Morgan fingerprint density at radius 1 is 0.944 bits per heavy atom. The van der Waals surface area contributed by atoms with Crippen molar-refractivity contribution in [1.29, 1.82) is 0 Å². The fourth-order valence-corrected chi connectivity index (χ4v) is 3.72. The first-order chi connectivity index (χ1) is 8.83. The Morgan fingerprint density at radius 3 is 2.72 bits per heavy atom. The van der Waals surface area contributed by atoms with Crippen LogP contribution < -0.4 is 5.73 Å². The molecule has 1 fully saturated rings. The van der Waals surface area contributed by atoms with Crippen molar-refractivity contribution in [2.24, 2.45) is 11.7 Å². The SMILES string of the molecule is NC1CCCCCC1Cc1ccc2c(c1)CCC2. The fourth-order valence-electron chi connectivity index (χ4n) is 3.72. The van der Waals surface area contributed by atoms with Gasteiger partial charge in [-0.15, -0.1) is 0 Å². The van der Waals surface area contributed by atoms with Crippen molar-refractivity contribution in [3.05, 3.63) is 34.9 Å². The lowest BCUT2D eigenvalue weighted by molar-refractivity contribution is 0.395. The molecule has 1 aromatic carbocycles. The van der Waals surface area contributed by atoms with Crippen LogP contribution in [0.25, 0.3) is 0 Å². The average Bonchev–Trinajstić information content (AvgIpc) is 2.75. The van der Waals surface area contributed by atoms with Gasteiger partial charge in [0.05, 0.1) is 0 Å². The van der Waals surface area contributed by atoms with Crippen molar-refractivity contribution in [3.8, 4) is 0 Å². The molecule has 2 unspecified atom stereocenters. The van der Waals surface area contributed by atoms with Crippen LogP contribution in [-0.2, 0) is 19.3 Å². The molecule has 1 aromatic rings. The molecular formula is C17H25N. The Hall–Kier alpha value is -0.820. The Kier molecular flexibility index (Phi) is 3.69. The summed E-state index contributed by atoms with van der Waals surface area (Å²) < 4.78 is 0. The van der Waals surface area contributed by atoms with Crippen molar-refractivity contribution in [2.75, 3.05) is 0 Å². The predicted molar refractivity (Wildman–Crippen MR) is 76.7 cm³/mol. The molecular weight excluding hydrogens is 218 g/mol. The average molecular weight is 243 g/mol. The Balaban J connectivity index is 1.71. The number of nitrogens with two attached hydrogens (primary N) is 1. The van der Waals surface area contributed by atoms with Crippen molar-refractivity contribution < 1.29 is 0 Å². The maximum absolute atomic E-state index is 6.34. The minimum atomic E-state index is 0.431. The van der Waals surface area contributed by atoms with Crippen LogP contribution >= 0.6 is 0 Å². The highest BCUT2D eigenvalue weighted by molar-refractivity contribution is 5.35. The molecule has 1 nitrogen and oxygen atoms in total. The monoisotopic (exact) mass is 243 g/mol. The van der Waals surface area contributed by atoms with Gasteiger partial charge >= 0.3 is 0 Å². The number of fused-ring (bicyclic) bond motifs is 1. The fraction of sp³-hybridized carbons (Fsp3) is 0.647. The number of hydrogen-bond donors (Lipinski definition) is 1. The summed E-state index contributed by atoms with van der Waals surface area (Å²) in [6, 6.07) is 7.60. The van der Waals surface area contributed by atoms with E-state index in [1.165, 1.54) is 63.4 Å². The molecule has 1 saturated carbocycles. The third kappa shape index (κ3) is 2.61. The molecule has 0 aromatic heterocycles. The van der Waals surface area contributed by atoms with Gasteiger partial charge in [0.15, 0.2) is 0 Å². The number of rotatable bonds is 2. The first kappa shape index (κ1) is 12.2. The van der Waals surface area contributed by atoms with E-state index in [9.17, 15) is 0 Å². The molecule has 0 heterocycles. The normalized spacial score (nSPS) is 27.8. The Bertz CT molecular complexity index is 410. The van der Waals surface area contributed by atoms with Gasteiger partial charge in [-0.1, -0.05) is 37.5 Å². The second-order valence-corrected chi connectivity index (χ2v) is 6.22. The van der Waals surface area contributed by atoms with Gasteiger partial charge in [-0.3, -0.25) is 0 Å². The lowest BCUT2D eigenvalue weighted by atomic mass is 9.88. The van der Waals surface area contributed by atoms with E-state index in [0.29, 0.717) is 12.0 Å². The van der Waals surface area contributed by atoms with E-state index in [4.69, 9.17) is 5.73 Å². The van der Waals surface area contributed by atoms with Crippen LogP contribution in [0.4, 0.5) is 0 Å². The maximum atomic E-state index is 6.34. The molecule has 1 heteroatoms. The summed E-state index contributed by atoms with van der Waals surface area (Å²) in [7, 11) is 0. The van der Waals surface area contributed by atoms with E-state index in [-0.39, 0.29) is 0 Å². The highest BCUT2D eigenvalue weighted by atomic mass is 14.6. The second-order valence-electron chi connectivity index (χ2n) is 6.22. The number of benzene rings is 1. The van der Waals surface area contributed by atoms with E-state index in [1.807, 2.05) is 0 Å². The largest absolute Gasteiger partial charge is 0.327 e. The van der Waals surface area contributed by atoms with Crippen LogP contribution in [0.15, 0.2) is 18.2 Å². The van der Waals surface area contributed by atoms with Crippen LogP contribution in [0.3, 0.4) is 0 Å². The molecule has 2 aliphatic carbocycles. The molecule has 3 rings (SSSR count). The second kappa shape index (κ2) is 5.44. The Morgan fingerprint density at radius 2 is 1.78 bits per heavy atom. The van der Waals surface area contributed by atoms with E-state index < -0.39 is 0 Å². The number of aryl methyl sites for hydroxylation is 2. The quantitative estimate of drug-likeness (QED) is 0.789. The van der Waals surface area contributed by atoms with E-state index in [0.717, 1.165) is 0 Å². The molecule has 0 spiro atoms. The molecule has 2 N–H and O–H groups in total. The molecule has 0 bridgehead atoms. The van der Waals surface area contributed by atoms with Crippen molar-refractivity contribution in [2.45, 2.75) is 63.8 Å². The summed E-state index contributed by atoms with van der Waals surface area (Å²) in [5, 5.41) is 0. The molecule has 0 saturated heterocycles. The van der Waals surface area contributed by atoms with Crippen molar-refractivity contribution >= 4 is 0 Å². The summed E-state index contributed by atoms with van der Waals surface area (Å²) in [5.74, 6) is 0.715. The van der Waals surface area contributed by atoms with Crippen LogP contribution in [0.1, 0.15) is 55.2 Å². The summed E-state index contributed by atoms with van der Waals surface area (Å²) >= 11 is 0. The summed E-state index contributed by atoms with van der Waals surface area (Å²) in [6.07, 6.45) is 11.8. The van der Waals surface area contributed by atoms with Gasteiger partial charge in [0, 0.05) is 6.04 Å². The third-order valence-corrected chi connectivity index (χ3v) is 4.88. The molecule has 0 radical (unpaired) electrons. The minimum Gasteiger partial charge on any atom is -0.327 e. The molecule has 18 heavy (non-hydrogen) atoms. The van der Waals surface area contributed by atoms with Gasteiger partial charge in [-0.2, -0.15) is 0 Å². The summed E-state index contributed by atoms with van der Waals surface area (Å²) in [4.78, 5) is 0. The molecule has 98 valence electrons. The smallest absolute Gasteiger partial charge is 0.00703 e. The van der Waals surface area contributed by atoms with E-state index in [1.54, 1.807) is 11.1 Å².